The van der Waals surface area contributed by atoms with E-state index in [1.165, 1.54) is 6.33 Å². The van der Waals surface area contributed by atoms with Gasteiger partial charge >= 0.3 is 0 Å². The standard InChI is InChI=1S/C17H16N6O2/c1-12(13-6-8-15(9-7-13)23-11-18-21-22-23)19-20-17(24)14-4-3-5-16(10-14)25-2/h3-11H,1-2H3,(H,20,24)/b19-12-. The second-order valence-corrected chi connectivity index (χ2v) is 5.17. The van der Waals surface area contributed by atoms with Crippen LogP contribution >= 0.6 is 0 Å². The van der Waals surface area contributed by atoms with E-state index in [-0.39, 0.29) is 5.91 Å². The number of tetrazole rings is 1. The number of hydrazone groups is 1. The van der Waals surface area contributed by atoms with Crippen LogP contribution in [0.15, 0.2) is 60.0 Å². The van der Waals surface area contributed by atoms with Crippen molar-refractivity contribution in [2.75, 3.05) is 7.11 Å². The molecule has 0 aliphatic carbocycles. The third-order valence-electron chi connectivity index (χ3n) is 3.56. The first-order valence-electron chi connectivity index (χ1n) is 7.50. The van der Waals surface area contributed by atoms with E-state index in [2.05, 4.69) is 26.1 Å². The Bertz CT molecular complexity index is 888. The number of nitrogens with one attached hydrogen (secondary N) is 1. The van der Waals surface area contributed by atoms with Gasteiger partial charge in [0.25, 0.3) is 5.91 Å². The van der Waals surface area contributed by atoms with Gasteiger partial charge in [-0.05, 0) is 53.2 Å². The molecule has 3 rings (SSSR count). The molecule has 1 amide bonds. The van der Waals surface area contributed by atoms with Crippen LogP contribution in [0.5, 0.6) is 5.75 Å². The molecule has 0 saturated heterocycles. The molecule has 0 aliphatic heterocycles. The number of carbonyl (C=O) groups excluding carboxylic acids is 1. The van der Waals surface area contributed by atoms with Crippen LogP contribution in [0, 0.1) is 0 Å². The van der Waals surface area contributed by atoms with E-state index in [1.54, 1.807) is 36.1 Å². The molecule has 25 heavy (non-hydrogen) atoms. The van der Waals surface area contributed by atoms with Crippen molar-refractivity contribution < 1.29 is 9.53 Å². The molecule has 1 aromatic heterocycles. The smallest absolute Gasteiger partial charge is 0.271 e. The van der Waals surface area contributed by atoms with Gasteiger partial charge in [0.1, 0.15) is 12.1 Å². The molecule has 0 unspecified atom stereocenters. The summed E-state index contributed by atoms with van der Waals surface area (Å²) in [6.45, 7) is 1.82. The van der Waals surface area contributed by atoms with Gasteiger partial charge in [-0.25, -0.2) is 10.1 Å². The average Bonchev–Trinajstić information content (AvgIpc) is 3.20. The lowest BCUT2D eigenvalue weighted by Gasteiger charge is -2.05. The monoisotopic (exact) mass is 336 g/mol. The minimum absolute atomic E-state index is 0.302. The molecule has 2 aromatic carbocycles. The largest absolute Gasteiger partial charge is 0.497 e. The van der Waals surface area contributed by atoms with Crippen LogP contribution < -0.4 is 10.2 Å². The molecule has 3 aromatic rings. The molecule has 8 heteroatoms. The number of ether oxygens (including phenoxy) is 1. The van der Waals surface area contributed by atoms with E-state index in [0.717, 1.165) is 11.3 Å². The Morgan fingerprint density at radius 3 is 2.64 bits per heavy atom. The van der Waals surface area contributed by atoms with Crippen LogP contribution in [-0.2, 0) is 0 Å². The number of methoxy groups -OCH3 is 1. The lowest BCUT2D eigenvalue weighted by molar-refractivity contribution is 0.0954. The van der Waals surface area contributed by atoms with Crippen LogP contribution in [0.2, 0.25) is 0 Å². The molecule has 1 heterocycles. The minimum atomic E-state index is -0.302. The molecule has 0 radical (unpaired) electrons. The number of benzene rings is 2. The molecule has 0 fully saturated rings. The number of carbonyl (C=O) groups is 1. The summed E-state index contributed by atoms with van der Waals surface area (Å²) in [5, 5.41) is 15.2. The SMILES string of the molecule is COc1cccc(C(=O)N/N=C(/C)c2ccc(-n3cnnn3)cc2)c1. The first-order chi connectivity index (χ1) is 12.2. The highest BCUT2D eigenvalue weighted by atomic mass is 16.5. The van der Waals surface area contributed by atoms with Crippen molar-refractivity contribution in [1.82, 2.24) is 25.6 Å². The Kier molecular flexibility index (Phi) is 4.79. The lowest BCUT2D eigenvalue weighted by Crippen LogP contribution is -2.19. The maximum Gasteiger partial charge on any atom is 0.271 e. The maximum absolute atomic E-state index is 12.2. The highest BCUT2D eigenvalue weighted by Crippen LogP contribution is 2.12. The van der Waals surface area contributed by atoms with E-state index in [4.69, 9.17) is 4.74 Å². The number of rotatable bonds is 5. The van der Waals surface area contributed by atoms with E-state index in [0.29, 0.717) is 17.0 Å². The summed E-state index contributed by atoms with van der Waals surface area (Å²) >= 11 is 0. The molecule has 0 atom stereocenters. The van der Waals surface area contributed by atoms with Crippen molar-refractivity contribution in [3.8, 4) is 11.4 Å². The molecular weight excluding hydrogens is 320 g/mol. The highest BCUT2D eigenvalue weighted by molar-refractivity contribution is 6.01. The van der Waals surface area contributed by atoms with Crippen molar-refractivity contribution in [3.63, 3.8) is 0 Å². The first-order valence-corrected chi connectivity index (χ1v) is 7.50. The Morgan fingerprint density at radius 2 is 1.96 bits per heavy atom. The number of aromatic nitrogens is 4. The summed E-state index contributed by atoms with van der Waals surface area (Å²) in [6, 6.07) is 14.4. The predicted octanol–water partition coefficient (Wildman–Crippen LogP) is 1.82. The summed E-state index contributed by atoms with van der Waals surface area (Å²) in [7, 11) is 1.55. The van der Waals surface area contributed by atoms with E-state index in [1.807, 2.05) is 31.2 Å². The zero-order valence-corrected chi connectivity index (χ0v) is 13.7. The van der Waals surface area contributed by atoms with Gasteiger partial charge in [-0.3, -0.25) is 4.79 Å². The molecule has 8 nitrogen and oxygen atoms in total. The quantitative estimate of drug-likeness (QED) is 0.566. The Hall–Kier alpha value is -3.55. The summed E-state index contributed by atoms with van der Waals surface area (Å²) < 4.78 is 6.67. The summed E-state index contributed by atoms with van der Waals surface area (Å²) in [6.07, 6.45) is 1.52. The zero-order valence-electron chi connectivity index (χ0n) is 13.7. The van der Waals surface area contributed by atoms with Gasteiger partial charge in [-0.15, -0.1) is 5.10 Å². The van der Waals surface area contributed by atoms with E-state index >= 15 is 0 Å². The molecule has 0 bridgehead atoms. The average molecular weight is 336 g/mol. The molecule has 0 spiro atoms. The van der Waals surface area contributed by atoms with Crippen molar-refractivity contribution in [2.24, 2.45) is 5.10 Å². The maximum atomic E-state index is 12.2. The van der Waals surface area contributed by atoms with Crippen molar-refractivity contribution >= 4 is 11.6 Å². The summed E-state index contributed by atoms with van der Waals surface area (Å²) in [4.78, 5) is 12.2. The second kappa shape index (κ2) is 7.35. The third-order valence-corrected chi connectivity index (χ3v) is 3.56. The topological polar surface area (TPSA) is 94.3 Å². The van der Waals surface area contributed by atoms with Gasteiger partial charge in [-0.1, -0.05) is 18.2 Å². The van der Waals surface area contributed by atoms with Crippen LogP contribution in [0.25, 0.3) is 5.69 Å². The Morgan fingerprint density at radius 1 is 1.16 bits per heavy atom. The van der Waals surface area contributed by atoms with Gasteiger partial charge in [-0.2, -0.15) is 5.10 Å². The fourth-order valence-corrected chi connectivity index (χ4v) is 2.16. The predicted molar refractivity (Wildman–Crippen MR) is 91.8 cm³/mol. The molecule has 0 aliphatic rings. The van der Waals surface area contributed by atoms with E-state index in [9.17, 15) is 4.79 Å². The normalized spacial score (nSPS) is 11.2. The zero-order chi connectivity index (χ0) is 17.6. The fraction of sp³-hybridized carbons (Fsp3) is 0.118. The van der Waals surface area contributed by atoms with Gasteiger partial charge in [0.15, 0.2) is 0 Å². The second-order valence-electron chi connectivity index (χ2n) is 5.17. The van der Waals surface area contributed by atoms with Crippen molar-refractivity contribution in [2.45, 2.75) is 6.92 Å². The number of hydrogen-bond acceptors (Lipinski definition) is 6. The van der Waals surface area contributed by atoms with E-state index < -0.39 is 0 Å². The van der Waals surface area contributed by atoms with Gasteiger partial charge < -0.3 is 4.74 Å². The van der Waals surface area contributed by atoms with Crippen LogP contribution in [-0.4, -0.2) is 38.9 Å². The van der Waals surface area contributed by atoms with Crippen molar-refractivity contribution in [3.05, 3.63) is 66.0 Å². The Labute approximate surface area is 144 Å². The highest BCUT2D eigenvalue weighted by Gasteiger charge is 2.06. The van der Waals surface area contributed by atoms with Gasteiger partial charge in [0, 0.05) is 5.56 Å². The van der Waals surface area contributed by atoms with Crippen LogP contribution in [0.3, 0.4) is 0 Å². The molecule has 126 valence electrons. The summed E-state index contributed by atoms with van der Waals surface area (Å²) in [5.74, 6) is 0.315. The molecule has 1 N–H and O–H groups in total. The van der Waals surface area contributed by atoms with Gasteiger partial charge in [0.05, 0.1) is 18.5 Å². The molecular formula is C17H16N6O2. The number of nitrogens with zero attached hydrogens (tertiary/aromatic N) is 5. The lowest BCUT2D eigenvalue weighted by atomic mass is 10.1. The Balaban J connectivity index is 1.69. The fourth-order valence-electron chi connectivity index (χ4n) is 2.16. The van der Waals surface area contributed by atoms with Crippen LogP contribution in [0.1, 0.15) is 22.8 Å². The number of hydrogen-bond donors (Lipinski definition) is 1. The number of amides is 1. The molecule has 0 saturated carbocycles. The van der Waals surface area contributed by atoms with Crippen molar-refractivity contribution in [1.29, 1.82) is 0 Å². The minimum Gasteiger partial charge on any atom is -0.497 e. The van der Waals surface area contributed by atoms with Crippen LogP contribution in [0.4, 0.5) is 0 Å². The first kappa shape index (κ1) is 16.3. The third kappa shape index (κ3) is 3.86. The summed E-state index contributed by atoms with van der Waals surface area (Å²) in [5.41, 5.74) is 5.42. The van der Waals surface area contributed by atoms with Gasteiger partial charge in [0.2, 0.25) is 0 Å².